The summed E-state index contributed by atoms with van der Waals surface area (Å²) < 4.78 is 41.0. The Morgan fingerprint density at radius 1 is 0.900 bits per heavy atom. The van der Waals surface area contributed by atoms with Crippen LogP contribution in [0.5, 0.6) is 5.75 Å². The molecule has 6 heteroatoms. The van der Waals surface area contributed by atoms with Gasteiger partial charge in [-0.05, 0) is 106 Å². The van der Waals surface area contributed by atoms with E-state index in [9.17, 15) is 4.79 Å². The zero-order valence-electron chi connectivity index (χ0n) is 24.4. The first-order chi connectivity index (χ1) is 19.3. The maximum absolute atomic E-state index is 15.2. The molecular formula is C34H50F2O4. The lowest BCUT2D eigenvalue weighted by Gasteiger charge is -2.39. The second-order valence-electron chi connectivity index (χ2n) is 12.8. The standard InChI is InChI=1S/C34H50F2O4/c1-3-4-5-6-25-7-9-26(10-8-25)27-11-17-30(18-12-27)34(35,36)40-32-21-15-29(16-22-32)28-13-19-31(20-14-28)39-33(38)24(2)23-37/h15-16,21-22,25-28,30-31,37H,2-14,17-20,23H2,1H3. The van der Waals surface area contributed by atoms with E-state index >= 15 is 8.78 Å². The van der Waals surface area contributed by atoms with Gasteiger partial charge in [-0.1, -0.05) is 64.2 Å². The fraction of sp³-hybridized carbons (Fsp3) is 0.735. The van der Waals surface area contributed by atoms with Gasteiger partial charge in [0, 0.05) is 0 Å². The lowest BCUT2D eigenvalue weighted by Crippen LogP contribution is -2.38. The molecule has 0 unspecified atom stereocenters. The van der Waals surface area contributed by atoms with Crippen molar-refractivity contribution >= 4 is 5.97 Å². The normalized spacial score (nSPS) is 29.5. The van der Waals surface area contributed by atoms with Gasteiger partial charge in [-0.3, -0.25) is 0 Å². The van der Waals surface area contributed by atoms with Crippen LogP contribution in [-0.4, -0.2) is 29.9 Å². The third-order valence-corrected chi connectivity index (χ3v) is 10.1. The van der Waals surface area contributed by atoms with Crippen LogP contribution in [0, 0.1) is 23.7 Å². The van der Waals surface area contributed by atoms with Gasteiger partial charge in [-0.15, -0.1) is 0 Å². The molecule has 0 radical (unpaired) electrons. The van der Waals surface area contributed by atoms with E-state index < -0.39 is 24.6 Å². The number of hydrogen-bond acceptors (Lipinski definition) is 4. The van der Waals surface area contributed by atoms with E-state index in [1.165, 1.54) is 51.4 Å². The van der Waals surface area contributed by atoms with Crippen molar-refractivity contribution in [1.29, 1.82) is 0 Å². The summed E-state index contributed by atoms with van der Waals surface area (Å²) in [7, 11) is 0. The Labute approximate surface area is 239 Å². The molecule has 1 aromatic carbocycles. The fourth-order valence-corrected chi connectivity index (χ4v) is 7.42. The molecule has 0 aliphatic heterocycles. The van der Waals surface area contributed by atoms with Crippen LogP contribution in [0.15, 0.2) is 36.4 Å². The molecule has 3 aliphatic carbocycles. The van der Waals surface area contributed by atoms with E-state index in [0.717, 1.165) is 55.9 Å². The summed E-state index contributed by atoms with van der Waals surface area (Å²) in [5.41, 5.74) is 1.17. The van der Waals surface area contributed by atoms with Gasteiger partial charge in [0.15, 0.2) is 0 Å². The van der Waals surface area contributed by atoms with Crippen molar-refractivity contribution in [1.82, 2.24) is 0 Å². The third kappa shape index (κ3) is 8.53. The van der Waals surface area contributed by atoms with Crippen molar-refractivity contribution < 1.29 is 28.2 Å². The summed E-state index contributed by atoms with van der Waals surface area (Å²) in [6, 6.07) is 7.13. The number of carbonyl (C=O) groups is 1. The van der Waals surface area contributed by atoms with Crippen LogP contribution >= 0.6 is 0 Å². The number of aliphatic hydroxyl groups is 1. The molecule has 0 amide bonds. The second kappa shape index (κ2) is 14.8. The molecule has 40 heavy (non-hydrogen) atoms. The van der Waals surface area contributed by atoms with Crippen LogP contribution in [0.25, 0.3) is 0 Å². The Balaban J connectivity index is 1.18. The zero-order chi connectivity index (χ0) is 28.5. The number of carbonyl (C=O) groups excluding carboxylic acids is 1. The minimum atomic E-state index is -3.15. The van der Waals surface area contributed by atoms with Gasteiger partial charge in [0.2, 0.25) is 0 Å². The van der Waals surface area contributed by atoms with E-state index in [1.807, 2.05) is 12.1 Å². The first kappa shape index (κ1) is 31.0. The molecule has 0 atom stereocenters. The van der Waals surface area contributed by atoms with Crippen LogP contribution in [0.3, 0.4) is 0 Å². The van der Waals surface area contributed by atoms with Crippen LogP contribution < -0.4 is 4.74 Å². The van der Waals surface area contributed by atoms with Crippen molar-refractivity contribution in [3.05, 3.63) is 42.0 Å². The second-order valence-corrected chi connectivity index (χ2v) is 12.8. The zero-order valence-corrected chi connectivity index (χ0v) is 24.4. The molecule has 1 N–H and O–H groups in total. The number of rotatable bonds is 12. The molecule has 3 saturated carbocycles. The molecule has 224 valence electrons. The quantitative estimate of drug-likeness (QED) is 0.157. The van der Waals surface area contributed by atoms with E-state index in [4.69, 9.17) is 14.6 Å². The van der Waals surface area contributed by atoms with Crippen LogP contribution in [0.2, 0.25) is 0 Å². The summed E-state index contributed by atoms with van der Waals surface area (Å²) in [6.45, 7) is 5.37. The van der Waals surface area contributed by atoms with E-state index in [2.05, 4.69) is 13.5 Å². The maximum Gasteiger partial charge on any atom is 0.400 e. The Morgan fingerprint density at radius 3 is 2.08 bits per heavy atom. The molecule has 0 saturated heterocycles. The molecule has 0 bridgehead atoms. The largest absolute Gasteiger partial charge is 0.459 e. The molecule has 4 rings (SSSR count). The van der Waals surface area contributed by atoms with Crippen molar-refractivity contribution in [2.45, 2.75) is 128 Å². The summed E-state index contributed by atoms with van der Waals surface area (Å²) in [5.74, 6) is 1.49. The Hall–Kier alpha value is -1.95. The predicted octanol–water partition coefficient (Wildman–Crippen LogP) is 8.97. The van der Waals surface area contributed by atoms with E-state index in [1.54, 1.807) is 12.1 Å². The van der Waals surface area contributed by atoms with Gasteiger partial charge in [-0.25, -0.2) is 4.79 Å². The highest BCUT2D eigenvalue weighted by Crippen LogP contribution is 2.46. The van der Waals surface area contributed by atoms with E-state index in [0.29, 0.717) is 24.7 Å². The SMILES string of the molecule is C=C(CO)C(=O)OC1CCC(c2ccc(OC(F)(F)C3CCC(C4CCC(CCCCC)CC4)CC3)cc2)CC1. The van der Waals surface area contributed by atoms with Gasteiger partial charge in [0.05, 0.1) is 18.1 Å². The van der Waals surface area contributed by atoms with Crippen molar-refractivity contribution in [2.24, 2.45) is 23.7 Å². The van der Waals surface area contributed by atoms with Crippen LogP contribution in [0.1, 0.15) is 121 Å². The molecule has 0 heterocycles. The number of aliphatic hydroxyl groups excluding tert-OH is 1. The van der Waals surface area contributed by atoms with Crippen LogP contribution in [0.4, 0.5) is 8.78 Å². The number of unbranched alkanes of at least 4 members (excludes halogenated alkanes) is 2. The summed E-state index contributed by atoms with van der Waals surface area (Å²) >= 11 is 0. The van der Waals surface area contributed by atoms with E-state index in [-0.39, 0.29) is 17.4 Å². The van der Waals surface area contributed by atoms with Gasteiger partial charge < -0.3 is 14.6 Å². The topological polar surface area (TPSA) is 55.8 Å². The minimum Gasteiger partial charge on any atom is -0.459 e. The monoisotopic (exact) mass is 560 g/mol. The molecule has 0 spiro atoms. The summed E-state index contributed by atoms with van der Waals surface area (Å²) in [5, 5.41) is 9.03. The van der Waals surface area contributed by atoms with Crippen molar-refractivity contribution in [2.75, 3.05) is 6.61 Å². The first-order valence-electron chi connectivity index (χ1n) is 15.9. The summed E-state index contributed by atoms with van der Waals surface area (Å²) in [6.07, 6.45) is 13.3. The number of halogens is 2. The average molecular weight is 561 g/mol. The Kier molecular flexibility index (Phi) is 11.5. The third-order valence-electron chi connectivity index (χ3n) is 10.1. The molecule has 1 aromatic rings. The Bertz CT molecular complexity index is 922. The predicted molar refractivity (Wildman–Crippen MR) is 154 cm³/mol. The van der Waals surface area contributed by atoms with Crippen molar-refractivity contribution in [3.8, 4) is 5.75 Å². The fourth-order valence-electron chi connectivity index (χ4n) is 7.42. The minimum absolute atomic E-state index is 0.0676. The van der Waals surface area contributed by atoms with Gasteiger partial charge >= 0.3 is 12.1 Å². The number of benzene rings is 1. The highest BCUT2D eigenvalue weighted by atomic mass is 19.3. The highest BCUT2D eigenvalue weighted by Gasteiger charge is 2.45. The lowest BCUT2D eigenvalue weighted by molar-refractivity contribution is -0.224. The number of hydrogen-bond donors (Lipinski definition) is 1. The van der Waals surface area contributed by atoms with Gasteiger partial charge in [0.1, 0.15) is 11.9 Å². The number of esters is 1. The lowest BCUT2D eigenvalue weighted by atomic mass is 9.68. The average Bonchev–Trinajstić information content (AvgIpc) is 2.98. The first-order valence-corrected chi connectivity index (χ1v) is 15.9. The highest BCUT2D eigenvalue weighted by molar-refractivity contribution is 5.88. The van der Waals surface area contributed by atoms with Gasteiger partial charge in [0.25, 0.3) is 0 Å². The summed E-state index contributed by atoms with van der Waals surface area (Å²) in [4.78, 5) is 11.8. The Morgan fingerprint density at radius 2 is 1.50 bits per heavy atom. The van der Waals surface area contributed by atoms with Gasteiger partial charge in [-0.2, -0.15) is 8.78 Å². The number of alkyl halides is 2. The van der Waals surface area contributed by atoms with Crippen molar-refractivity contribution in [3.63, 3.8) is 0 Å². The molecule has 0 aromatic heterocycles. The maximum atomic E-state index is 15.2. The molecule has 3 aliphatic rings. The number of ether oxygens (including phenoxy) is 2. The molecule has 4 nitrogen and oxygen atoms in total. The molecule has 3 fully saturated rings. The molecular weight excluding hydrogens is 510 g/mol. The van der Waals surface area contributed by atoms with Crippen LogP contribution in [-0.2, 0) is 9.53 Å². The smallest absolute Gasteiger partial charge is 0.400 e.